The molecule has 0 saturated carbocycles. The van der Waals surface area contributed by atoms with E-state index in [1.54, 1.807) is 4.90 Å². The lowest BCUT2D eigenvalue weighted by Gasteiger charge is -2.19. The summed E-state index contributed by atoms with van der Waals surface area (Å²) in [6, 6.07) is 15.9. The molecule has 0 radical (unpaired) electrons. The van der Waals surface area contributed by atoms with E-state index in [2.05, 4.69) is 5.10 Å². The van der Waals surface area contributed by atoms with E-state index in [4.69, 9.17) is 4.74 Å². The number of carbonyl (C=O) groups is 1. The van der Waals surface area contributed by atoms with Gasteiger partial charge in [-0.05, 0) is 44.4 Å². The molecule has 7 nitrogen and oxygen atoms in total. The average Bonchev–Trinajstić information content (AvgIpc) is 3.15. The Morgan fingerprint density at radius 1 is 1.03 bits per heavy atom. The largest absolute Gasteiger partial charge is 0.377 e. The van der Waals surface area contributed by atoms with Gasteiger partial charge in [-0.3, -0.25) is 9.59 Å². The third-order valence-electron chi connectivity index (χ3n) is 6.35. The standard InChI is InChI=1S/C27H32N4O3/c1-5-30(6-2)26(32)24-23-22-19(3)12-10-15-21(22)29(4)25(23)27(33)31(28-24)16-11-17-34-18-20-13-8-7-9-14-20/h7-10,12-15H,5-6,11,16-18H2,1-4H3. The minimum absolute atomic E-state index is 0.153. The molecule has 2 aromatic heterocycles. The van der Waals surface area contributed by atoms with Gasteiger partial charge in [0.15, 0.2) is 5.69 Å². The molecule has 2 heterocycles. The number of ether oxygens (including phenoxy) is 1. The first-order valence-electron chi connectivity index (χ1n) is 11.9. The fourth-order valence-corrected chi connectivity index (χ4v) is 4.53. The highest BCUT2D eigenvalue weighted by molar-refractivity contribution is 6.17. The minimum atomic E-state index is -0.188. The SMILES string of the molecule is CCN(CC)C(=O)c1nn(CCCOCc2ccccc2)c(=O)c2c1c1c(C)cccc1n2C. The van der Waals surface area contributed by atoms with E-state index in [0.29, 0.717) is 55.9 Å². The van der Waals surface area contributed by atoms with Crippen LogP contribution in [0.25, 0.3) is 21.8 Å². The van der Waals surface area contributed by atoms with E-state index in [1.807, 2.05) is 80.9 Å². The van der Waals surface area contributed by atoms with Gasteiger partial charge in [-0.2, -0.15) is 5.10 Å². The molecule has 0 unspecified atom stereocenters. The number of hydrogen-bond donors (Lipinski definition) is 0. The van der Waals surface area contributed by atoms with Gasteiger partial charge in [0.05, 0.1) is 6.61 Å². The van der Waals surface area contributed by atoms with Gasteiger partial charge >= 0.3 is 0 Å². The van der Waals surface area contributed by atoms with Gasteiger partial charge in [0.2, 0.25) is 0 Å². The van der Waals surface area contributed by atoms with Crippen molar-refractivity contribution < 1.29 is 9.53 Å². The molecule has 0 aliphatic carbocycles. The topological polar surface area (TPSA) is 69.4 Å². The van der Waals surface area contributed by atoms with Crippen molar-refractivity contribution in [3.8, 4) is 0 Å². The molecule has 34 heavy (non-hydrogen) atoms. The van der Waals surface area contributed by atoms with Crippen molar-refractivity contribution in [2.24, 2.45) is 7.05 Å². The van der Waals surface area contributed by atoms with Crippen LogP contribution in [0, 0.1) is 6.92 Å². The van der Waals surface area contributed by atoms with Crippen molar-refractivity contribution in [2.75, 3.05) is 19.7 Å². The molecule has 0 bridgehead atoms. The maximum Gasteiger partial charge on any atom is 0.291 e. The Labute approximate surface area is 199 Å². The molecular weight excluding hydrogens is 428 g/mol. The van der Waals surface area contributed by atoms with Crippen molar-refractivity contribution >= 4 is 27.7 Å². The molecule has 0 saturated heterocycles. The zero-order valence-electron chi connectivity index (χ0n) is 20.4. The fraction of sp³-hybridized carbons (Fsp3) is 0.370. The predicted molar refractivity (Wildman–Crippen MR) is 135 cm³/mol. The first-order valence-corrected chi connectivity index (χ1v) is 11.9. The molecule has 7 heteroatoms. The summed E-state index contributed by atoms with van der Waals surface area (Å²) in [5.41, 5.74) is 3.71. The number of amides is 1. The zero-order valence-corrected chi connectivity index (χ0v) is 20.4. The second kappa shape index (κ2) is 10.2. The number of fused-ring (bicyclic) bond motifs is 3. The van der Waals surface area contributed by atoms with E-state index in [0.717, 1.165) is 22.0 Å². The lowest BCUT2D eigenvalue weighted by atomic mass is 10.1. The van der Waals surface area contributed by atoms with Crippen LogP contribution in [-0.4, -0.2) is 44.9 Å². The van der Waals surface area contributed by atoms with Crippen LogP contribution >= 0.6 is 0 Å². The molecule has 4 rings (SSSR count). The van der Waals surface area contributed by atoms with Gasteiger partial charge in [-0.15, -0.1) is 0 Å². The summed E-state index contributed by atoms with van der Waals surface area (Å²) in [4.78, 5) is 28.8. The summed E-state index contributed by atoms with van der Waals surface area (Å²) >= 11 is 0. The summed E-state index contributed by atoms with van der Waals surface area (Å²) in [5, 5.41) is 6.18. The van der Waals surface area contributed by atoms with Gasteiger partial charge < -0.3 is 14.2 Å². The van der Waals surface area contributed by atoms with Crippen molar-refractivity contribution in [2.45, 2.75) is 40.3 Å². The summed E-state index contributed by atoms with van der Waals surface area (Å²) in [6.07, 6.45) is 0.618. The maximum absolute atomic E-state index is 13.5. The molecule has 0 aliphatic heterocycles. The van der Waals surface area contributed by atoms with Crippen LogP contribution in [0.4, 0.5) is 0 Å². The Hall–Kier alpha value is -3.45. The van der Waals surface area contributed by atoms with Crippen LogP contribution in [0.5, 0.6) is 0 Å². The average molecular weight is 461 g/mol. The van der Waals surface area contributed by atoms with Crippen LogP contribution in [-0.2, 0) is 24.9 Å². The molecule has 178 valence electrons. The second-order valence-electron chi connectivity index (χ2n) is 8.50. The van der Waals surface area contributed by atoms with Crippen LogP contribution in [0.3, 0.4) is 0 Å². The first-order chi connectivity index (χ1) is 16.5. The number of aromatic nitrogens is 3. The minimum Gasteiger partial charge on any atom is -0.377 e. The van der Waals surface area contributed by atoms with Crippen molar-refractivity contribution in [3.05, 3.63) is 75.7 Å². The third-order valence-corrected chi connectivity index (χ3v) is 6.35. The zero-order chi connectivity index (χ0) is 24.2. The first kappa shape index (κ1) is 23.7. The van der Waals surface area contributed by atoms with Gasteiger partial charge in [0.1, 0.15) is 5.52 Å². The maximum atomic E-state index is 13.5. The van der Waals surface area contributed by atoms with Crippen molar-refractivity contribution in [3.63, 3.8) is 0 Å². The van der Waals surface area contributed by atoms with E-state index >= 15 is 0 Å². The van der Waals surface area contributed by atoms with Gasteiger partial charge in [0, 0.05) is 49.6 Å². The molecule has 0 spiro atoms. The van der Waals surface area contributed by atoms with Crippen LogP contribution in [0.15, 0.2) is 53.3 Å². The second-order valence-corrected chi connectivity index (χ2v) is 8.50. The Morgan fingerprint density at radius 3 is 2.47 bits per heavy atom. The Morgan fingerprint density at radius 2 is 1.76 bits per heavy atom. The molecule has 0 fully saturated rings. The third kappa shape index (κ3) is 4.35. The highest BCUT2D eigenvalue weighted by atomic mass is 16.5. The molecule has 0 atom stereocenters. The van der Waals surface area contributed by atoms with E-state index < -0.39 is 0 Å². The summed E-state index contributed by atoms with van der Waals surface area (Å²) in [6.45, 7) is 8.46. The number of hydrogen-bond acceptors (Lipinski definition) is 4. The normalized spacial score (nSPS) is 11.4. The van der Waals surface area contributed by atoms with E-state index in [-0.39, 0.29) is 11.5 Å². The number of carbonyl (C=O) groups excluding carboxylic acids is 1. The van der Waals surface area contributed by atoms with Crippen LogP contribution in [0.1, 0.15) is 41.9 Å². The quantitative estimate of drug-likeness (QED) is 0.350. The predicted octanol–water partition coefficient (Wildman–Crippen LogP) is 4.29. The van der Waals surface area contributed by atoms with Crippen LogP contribution in [0.2, 0.25) is 0 Å². The monoisotopic (exact) mass is 460 g/mol. The molecule has 0 aliphatic rings. The lowest BCUT2D eigenvalue weighted by molar-refractivity contribution is 0.0766. The number of nitrogens with zero attached hydrogens (tertiary/aromatic N) is 4. The molecule has 1 amide bonds. The lowest BCUT2D eigenvalue weighted by Crippen LogP contribution is -2.34. The smallest absolute Gasteiger partial charge is 0.291 e. The molecule has 4 aromatic rings. The summed E-state index contributed by atoms with van der Waals surface area (Å²) < 4.78 is 9.11. The van der Waals surface area contributed by atoms with Crippen LogP contribution < -0.4 is 5.56 Å². The summed E-state index contributed by atoms with van der Waals surface area (Å²) in [5.74, 6) is -0.153. The Bertz CT molecular complexity index is 1370. The molecule has 2 aromatic carbocycles. The van der Waals surface area contributed by atoms with Crippen molar-refractivity contribution in [1.29, 1.82) is 0 Å². The van der Waals surface area contributed by atoms with E-state index in [1.165, 1.54) is 4.68 Å². The van der Waals surface area contributed by atoms with E-state index in [9.17, 15) is 9.59 Å². The molecular formula is C27H32N4O3. The Balaban J connectivity index is 1.71. The molecule has 0 N–H and O–H groups in total. The number of aryl methyl sites for hydroxylation is 3. The number of benzene rings is 2. The van der Waals surface area contributed by atoms with Gasteiger partial charge in [-0.25, -0.2) is 4.68 Å². The Kier molecular flexibility index (Phi) is 7.12. The number of rotatable bonds is 9. The van der Waals surface area contributed by atoms with Crippen molar-refractivity contribution in [1.82, 2.24) is 19.2 Å². The van der Waals surface area contributed by atoms with Gasteiger partial charge in [-0.1, -0.05) is 42.5 Å². The highest BCUT2D eigenvalue weighted by Crippen LogP contribution is 2.31. The van der Waals surface area contributed by atoms with Gasteiger partial charge in [0.25, 0.3) is 11.5 Å². The fourth-order valence-electron chi connectivity index (χ4n) is 4.53. The highest BCUT2D eigenvalue weighted by Gasteiger charge is 2.25. The summed E-state index contributed by atoms with van der Waals surface area (Å²) in [7, 11) is 1.88.